The van der Waals surface area contributed by atoms with E-state index in [0.717, 1.165) is 24.8 Å². The van der Waals surface area contributed by atoms with E-state index in [1.165, 1.54) is 0 Å². The lowest BCUT2D eigenvalue weighted by Gasteiger charge is -2.16. The number of benzene rings is 1. The summed E-state index contributed by atoms with van der Waals surface area (Å²) in [4.78, 5) is 33.0. The predicted molar refractivity (Wildman–Crippen MR) is 102 cm³/mol. The summed E-state index contributed by atoms with van der Waals surface area (Å²) in [7, 11) is 0. The number of hydrogen-bond acceptors (Lipinski definition) is 6. The van der Waals surface area contributed by atoms with Crippen molar-refractivity contribution in [1.82, 2.24) is 0 Å². The molecule has 1 atom stereocenters. The third-order valence-electron chi connectivity index (χ3n) is 3.93. The standard InChI is InChI=1S/C21H32O6/c1-3-5-15-24-16-17-25-27-21(23)14-10-9-13-20(22)26-19(4-2)18-11-7-6-8-12-18/h6-8,11-12,19H,3-5,9-10,13-17H2,1-2H3. The van der Waals surface area contributed by atoms with E-state index in [1.807, 2.05) is 37.3 Å². The van der Waals surface area contributed by atoms with Gasteiger partial charge in [-0.05, 0) is 31.2 Å². The monoisotopic (exact) mass is 380 g/mol. The maximum atomic E-state index is 12.0. The number of carbonyl (C=O) groups is 2. The minimum absolute atomic E-state index is 0.208. The maximum absolute atomic E-state index is 12.0. The van der Waals surface area contributed by atoms with Crippen molar-refractivity contribution >= 4 is 11.9 Å². The Balaban J connectivity index is 2.06. The van der Waals surface area contributed by atoms with Crippen molar-refractivity contribution in [1.29, 1.82) is 0 Å². The molecule has 0 saturated carbocycles. The fourth-order valence-electron chi connectivity index (χ4n) is 2.40. The van der Waals surface area contributed by atoms with Crippen molar-refractivity contribution < 1.29 is 28.8 Å². The first kappa shape index (κ1) is 23.1. The molecule has 0 aliphatic rings. The van der Waals surface area contributed by atoms with Gasteiger partial charge in [0.25, 0.3) is 0 Å². The second-order valence-corrected chi connectivity index (χ2v) is 6.25. The van der Waals surface area contributed by atoms with Crippen molar-refractivity contribution in [2.24, 2.45) is 0 Å². The molecular weight excluding hydrogens is 348 g/mol. The average Bonchev–Trinajstić information content (AvgIpc) is 2.69. The molecule has 6 heteroatoms. The van der Waals surface area contributed by atoms with Crippen molar-refractivity contribution in [3.63, 3.8) is 0 Å². The molecular formula is C21H32O6. The number of esters is 1. The Morgan fingerprint density at radius 1 is 0.889 bits per heavy atom. The lowest BCUT2D eigenvalue weighted by atomic mass is 10.1. The summed E-state index contributed by atoms with van der Waals surface area (Å²) >= 11 is 0. The van der Waals surface area contributed by atoms with E-state index in [-0.39, 0.29) is 31.5 Å². The Hall–Kier alpha value is -1.92. The van der Waals surface area contributed by atoms with Gasteiger partial charge in [0.05, 0.1) is 6.61 Å². The number of unbranched alkanes of at least 4 members (excludes halogenated alkanes) is 2. The first-order chi connectivity index (χ1) is 13.2. The lowest BCUT2D eigenvalue weighted by molar-refractivity contribution is -0.276. The maximum Gasteiger partial charge on any atom is 0.342 e. The highest BCUT2D eigenvalue weighted by atomic mass is 17.2. The fraction of sp³-hybridized carbons (Fsp3) is 0.619. The smallest absolute Gasteiger partial charge is 0.342 e. The molecule has 0 radical (unpaired) electrons. The Bertz CT molecular complexity index is 517. The number of carbonyl (C=O) groups excluding carboxylic acids is 2. The van der Waals surface area contributed by atoms with Crippen LogP contribution in [0.5, 0.6) is 0 Å². The summed E-state index contributed by atoms with van der Waals surface area (Å²) in [6.07, 6.45) is 4.19. The van der Waals surface area contributed by atoms with Crippen LogP contribution >= 0.6 is 0 Å². The predicted octanol–water partition coefficient (Wildman–Crippen LogP) is 4.53. The van der Waals surface area contributed by atoms with Gasteiger partial charge in [-0.3, -0.25) is 9.68 Å². The van der Waals surface area contributed by atoms with Crippen LogP contribution in [0.2, 0.25) is 0 Å². The van der Waals surface area contributed by atoms with Gasteiger partial charge in [0.15, 0.2) is 0 Å². The molecule has 1 rings (SSSR count). The molecule has 0 saturated heterocycles. The molecule has 0 bridgehead atoms. The number of ether oxygens (including phenoxy) is 2. The van der Waals surface area contributed by atoms with E-state index in [0.29, 0.717) is 26.1 Å². The van der Waals surface area contributed by atoms with E-state index in [4.69, 9.17) is 14.4 Å². The van der Waals surface area contributed by atoms with Crippen LogP contribution in [0.1, 0.15) is 70.5 Å². The van der Waals surface area contributed by atoms with Gasteiger partial charge in [-0.1, -0.05) is 50.6 Å². The van der Waals surface area contributed by atoms with Crippen molar-refractivity contribution in [2.45, 2.75) is 64.9 Å². The van der Waals surface area contributed by atoms with E-state index >= 15 is 0 Å². The zero-order chi connectivity index (χ0) is 19.7. The molecule has 0 aliphatic heterocycles. The van der Waals surface area contributed by atoms with Gasteiger partial charge in [0, 0.05) is 19.4 Å². The lowest BCUT2D eigenvalue weighted by Crippen LogP contribution is -2.12. The summed E-state index contributed by atoms with van der Waals surface area (Å²) < 4.78 is 10.8. The number of hydrogen-bond donors (Lipinski definition) is 0. The average molecular weight is 380 g/mol. The van der Waals surface area contributed by atoms with Crippen molar-refractivity contribution in [3.8, 4) is 0 Å². The Morgan fingerprint density at radius 2 is 1.59 bits per heavy atom. The highest BCUT2D eigenvalue weighted by molar-refractivity contribution is 5.70. The van der Waals surface area contributed by atoms with Crippen LogP contribution in [-0.2, 0) is 28.8 Å². The summed E-state index contributed by atoms with van der Waals surface area (Å²) in [6.45, 7) is 5.38. The summed E-state index contributed by atoms with van der Waals surface area (Å²) in [5.41, 5.74) is 0.993. The molecule has 0 spiro atoms. The van der Waals surface area contributed by atoms with E-state index in [2.05, 4.69) is 11.8 Å². The first-order valence-corrected chi connectivity index (χ1v) is 9.81. The third kappa shape index (κ3) is 11.4. The largest absolute Gasteiger partial charge is 0.457 e. The molecule has 0 aliphatic carbocycles. The van der Waals surface area contributed by atoms with Gasteiger partial charge in [-0.2, -0.15) is 4.89 Å². The molecule has 1 aromatic carbocycles. The minimum atomic E-state index is -0.437. The molecule has 0 aromatic heterocycles. The van der Waals surface area contributed by atoms with Crippen LogP contribution in [0.25, 0.3) is 0 Å². The molecule has 0 heterocycles. The Morgan fingerprint density at radius 3 is 2.26 bits per heavy atom. The van der Waals surface area contributed by atoms with Gasteiger partial charge >= 0.3 is 11.9 Å². The van der Waals surface area contributed by atoms with E-state index in [9.17, 15) is 9.59 Å². The molecule has 152 valence electrons. The second-order valence-electron chi connectivity index (χ2n) is 6.25. The summed E-state index contributed by atoms with van der Waals surface area (Å²) in [5.74, 6) is -0.688. The quantitative estimate of drug-likeness (QED) is 0.193. The Kier molecular flexibility index (Phi) is 13.0. The summed E-state index contributed by atoms with van der Waals surface area (Å²) in [6, 6.07) is 9.69. The van der Waals surface area contributed by atoms with Gasteiger partial charge in [-0.25, -0.2) is 4.79 Å². The van der Waals surface area contributed by atoms with Crippen molar-refractivity contribution in [2.75, 3.05) is 19.8 Å². The van der Waals surface area contributed by atoms with Crippen LogP contribution < -0.4 is 0 Å². The highest BCUT2D eigenvalue weighted by Crippen LogP contribution is 2.21. The third-order valence-corrected chi connectivity index (χ3v) is 3.93. The van der Waals surface area contributed by atoms with Crippen LogP contribution in [0.4, 0.5) is 0 Å². The second kappa shape index (κ2) is 15.2. The molecule has 0 fully saturated rings. The number of rotatable bonds is 15. The molecule has 0 amide bonds. The van der Waals surface area contributed by atoms with Crippen LogP contribution in [0.15, 0.2) is 30.3 Å². The molecule has 0 N–H and O–H groups in total. The normalized spacial score (nSPS) is 11.8. The van der Waals surface area contributed by atoms with Crippen molar-refractivity contribution in [3.05, 3.63) is 35.9 Å². The molecule has 1 unspecified atom stereocenters. The summed E-state index contributed by atoms with van der Waals surface area (Å²) in [5, 5.41) is 0. The van der Waals surface area contributed by atoms with Crippen LogP contribution in [0.3, 0.4) is 0 Å². The van der Waals surface area contributed by atoms with Crippen LogP contribution in [0, 0.1) is 0 Å². The van der Waals surface area contributed by atoms with Crippen LogP contribution in [-0.4, -0.2) is 31.8 Å². The topological polar surface area (TPSA) is 71.1 Å². The SMILES string of the molecule is CCCCOCCOOC(=O)CCCCC(=O)OC(CC)c1ccccc1. The zero-order valence-electron chi connectivity index (χ0n) is 16.5. The Labute approximate surface area is 162 Å². The van der Waals surface area contributed by atoms with Gasteiger partial charge < -0.3 is 9.47 Å². The van der Waals surface area contributed by atoms with Gasteiger partial charge in [-0.15, -0.1) is 0 Å². The fourth-order valence-corrected chi connectivity index (χ4v) is 2.40. The zero-order valence-corrected chi connectivity index (χ0v) is 16.5. The van der Waals surface area contributed by atoms with E-state index in [1.54, 1.807) is 0 Å². The molecule has 27 heavy (non-hydrogen) atoms. The van der Waals surface area contributed by atoms with Gasteiger partial charge in [0.1, 0.15) is 12.7 Å². The van der Waals surface area contributed by atoms with E-state index < -0.39 is 5.97 Å². The first-order valence-electron chi connectivity index (χ1n) is 9.81. The van der Waals surface area contributed by atoms with Gasteiger partial charge in [0.2, 0.25) is 0 Å². The molecule has 1 aromatic rings. The minimum Gasteiger partial charge on any atom is -0.457 e. The molecule has 6 nitrogen and oxygen atoms in total. The highest BCUT2D eigenvalue weighted by Gasteiger charge is 2.14.